The smallest absolute Gasteiger partial charge is 0.241 e. The van der Waals surface area contributed by atoms with E-state index in [1.807, 2.05) is 72.7 Å². The summed E-state index contributed by atoms with van der Waals surface area (Å²) in [6.45, 7) is 1.14. The van der Waals surface area contributed by atoms with Crippen LogP contribution in [0.2, 0.25) is 0 Å². The maximum atomic E-state index is 12.1. The van der Waals surface area contributed by atoms with Gasteiger partial charge in [0.05, 0.1) is 38.6 Å². The first kappa shape index (κ1) is 26.2. The second kappa shape index (κ2) is 12.8. The number of carbonyl (C=O) groups excluding carboxylic acids is 1. The molecule has 33 heavy (non-hydrogen) atoms. The van der Waals surface area contributed by atoms with Crippen molar-refractivity contribution in [2.24, 2.45) is 4.99 Å². The molecular weight excluding hydrogens is 531 g/mol. The van der Waals surface area contributed by atoms with Crippen molar-refractivity contribution in [3.63, 3.8) is 0 Å². The fourth-order valence-corrected chi connectivity index (χ4v) is 3.03. The molecule has 1 amide bonds. The van der Waals surface area contributed by atoms with Gasteiger partial charge in [0.15, 0.2) is 5.96 Å². The number of hydrogen-bond acceptors (Lipinski definition) is 4. The lowest BCUT2D eigenvalue weighted by molar-refractivity contribution is -0.127. The molecule has 1 aromatic heterocycles. The lowest BCUT2D eigenvalue weighted by Gasteiger charge is -2.22. The van der Waals surface area contributed by atoms with Gasteiger partial charge in [0, 0.05) is 21.1 Å². The van der Waals surface area contributed by atoms with E-state index < -0.39 is 0 Å². The number of likely N-dealkylation sites (N-methyl/N-ethyl adjacent to an activating group) is 1. The summed E-state index contributed by atoms with van der Waals surface area (Å²) in [7, 11) is 7.03. The lowest BCUT2D eigenvalue weighted by Crippen LogP contribution is -2.43. The van der Waals surface area contributed by atoms with Crippen LogP contribution in [-0.2, 0) is 17.9 Å². The number of hydrogen-bond donors (Lipinski definition) is 2. The molecule has 0 unspecified atom stereocenters. The number of H-pyrrole nitrogens is 1. The highest BCUT2D eigenvalue weighted by Crippen LogP contribution is 2.17. The van der Waals surface area contributed by atoms with E-state index in [9.17, 15) is 4.79 Å². The third-order valence-electron chi connectivity index (χ3n) is 4.93. The predicted octanol–water partition coefficient (Wildman–Crippen LogP) is 3.37. The Labute approximate surface area is 212 Å². The molecule has 2 aromatic carbocycles. The highest BCUT2D eigenvalue weighted by atomic mass is 127. The molecule has 0 radical (unpaired) electrons. The van der Waals surface area contributed by atoms with Gasteiger partial charge in [0.25, 0.3) is 0 Å². The van der Waals surface area contributed by atoms with Crippen LogP contribution in [0.25, 0.3) is 11.3 Å². The monoisotopic (exact) mass is 562 g/mol. The normalized spacial score (nSPS) is 10.8. The van der Waals surface area contributed by atoms with Gasteiger partial charge in [-0.1, -0.05) is 42.5 Å². The zero-order valence-corrected chi connectivity index (χ0v) is 21.7. The summed E-state index contributed by atoms with van der Waals surface area (Å²) in [5, 5.41) is 3.17. The highest BCUT2D eigenvalue weighted by Gasteiger charge is 2.13. The van der Waals surface area contributed by atoms with E-state index in [0.29, 0.717) is 19.0 Å². The highest BCUT2D eigenvalue weighted by molar-refractivity contribution is 14.0. The van der Waals surface area contributed by atoms with Gasteiger partial charge in [0.1, 0.15) is 11.6 Å². The summed E-state index contributed by atoms with van der Waals surface area (Å²) in [5.41, 5.74) is 3.08. The molecule has 176 valence electrons. The second-order valence-electron chi connectivity index (χ2n) is 7.60. The number of benzene rings is 2. The van der Waals surface area contributed by atoms with E-state index >= 15 is 0 Å². The second-order valence-corrected chi connectivity index (χ2v) is 7.60. The summed E-state index contributed by atoms with van der Waals surface area (Å²) < 4.78 is 5.21. The topological polar surface area (TPSA) is 85.8 Å². The Morgan fingerprint density at radius 3 is 2.42 bits per heavy atom. The number of carbonyl (C=O) groups is 1. The SMILES string of the molecule is COc1ccc(CN=C(NCC(=O)N(C)C)N(C)Cc2ncc(-c3ccccc3)[nH]2)cc1.I. The maximum absolute atomic E-state index is 12.1. The number of nitrogens with zero attached hydrogens (tertiary/aromatic N) is 4. The first-order valence-corrected chi connectivity index (χ1v) is 10.4. The van der Waals surface area contributed by atoms with Crippen molar-refractivity contribution in [3.05, 3.63) is 72.2 Å². The number of imidazole rings is 1. The molecule has 0 fully saturated rings. The van der Waals surface area contributed by atoms with Crippen molar-refractivity contribution < 1.29 is 9.53 Å². The summed E-state index contributed by atoms with van der Waals surface area (Å²) in [5.74, 6) is 2.20. The van der Waals surface area contributed by atoms with Gasteiger partial charge in [-0.15, -0.1) is 24.0 Å². The molecule has 0 atom stereocenters. The first-order valence-electron chi connectivity index (χ1n) is 10.4. The Morgan fingerprint density at radius 2 is 1.79 bits per heavy atom. The molecular formula is C24H31IN6O2. The fourth-order valence-electron chi connectivity index (χ4n) is 3.03. The van der Waals surface area contributed by atoms with E-state index in [1.165, 1.54) is 0 Å². The molecule has 0 bridgehead atoms. The Bertz CT molecular complexity index is 1030. The standard InChI is InChI=1S/C24H30N6O2.HI/c1-29(2)23(31)16-27-24(26-14-18-10-12-20(32-4)13-11-18)30(3)17-22-25-15-21(28-22)19-8-6-5-7-9-19;/h5-13,15H,14,16-17H2,1-4H3,(H,25,28)(H,26,27);1H. The largest absolute Gasteiger partial charge is 0.497 e. The number of aliphatic imine (C=N–C) groups is 1. The number of amides is 1. The van der Waals surface area contributed by atoms with Gasteiger partial charge >= 0.3 is 0 Å². The number of methoxy groups -OCH3 is 1. The van der Waals surface area contributed by atoms with Crippen LogP contribution in [0.5, 0.6) is 5.75 Å². The van der Waals surface area contributed by atoms with Gasteiger partial charge in [-0.3, -0.25) is 4.79 Å². The average molecular weight is 562 g/mol. The molecule has 0 aliphatic carbocycles. The average Bonchev–Trinajstić information content (AvgIpc) is 3.28. The van der Waals surface area contributed by atoms with E-state index in [-0.39, 0.29) is 36.4 Å². The number of halogens is 1. The number of aromatic nitrogens is 2. The van der Waals surface area contributed by atoms with E-state index in [0.717, 1.165) is 28.4 Å². The molecule has 0 spiro atoms. The molecule has 8 nitrogen and oxygen atoms in total. The van der Waals surface area contributed by atoms with Gasteiger partial charge in [-0.25, -0.2) is 9.98 Å². The van der Waals surface area contributed by atoms with Crippen LogP contribution >= 0.6 is 24.0 Å². The zero-order valence-electron chi connectivity index (χ0n) is 19.4. The minimum Gasteiger partial charge on any atom is -0.497 e. The van der Waals surface area contributed by atoms with Crippen LogP contribution in [0.4, 0.5) is 0 Å². The first-order chi connectivity index (χ1) is 15.5. The molecule has 3 rings (SSSR count). The Hall–Kier alpha value is -3.08. The van der Waals surface area contributed by atoms with Crippen molar-refractivity contribution >= 4 is 35.8 Å². The van der Waals surface area contributed by atoms with Crippen LogP contribution in [0, 0.1) is 0 Å². The van der Waals surface area contributed by atoms with E-state index in [4.69, 9.17) is 9.73 Å². The van der Waals surface area contributed by atoms with Gasteiger partial charge < -0.3 is 24.8 Å². The number of ether oxygens (including phenoxy) is 1. The summed E-state index contributed by atoms with van der Waals surface area (Å²) in [6.07, 6.45) is 1.83. The van der Waals surface area contributed by atoms with Crippen molar-refractivity contribution in [1.29, 1.82) is 0 Å². The molecule has 2 N–H and O–H groups in total. The number of rotatable bonds is 8. The molecule has 0 aliphatic rings. The molecule has 0 saturated carbocycles. The predicted molar refractivity (Wildman–Crippen MR) is 142 cm³/mol. The summed E-state index contributed by atoms with van der Waals surface area (Å²) in [4.78, 5) is 28.2. The quantitative estimate of drug-likeness (QED) is 0.250. The number of nitrogens with one attached hydrogen (secondary N) is 2. The van der Waals surface area contributed by atoms with Gasteiger partial charge in [0.2, 0.25) is 5.91 Å². The Kier molecular flexibility index (Phi) is 10.2. The maximum Gasteiger partial charge on any atom is 0.241 e. The van der Waals surface area contributed by atoms with Gasteiger partial charge in [-0.2, -0.15) is 0 Å². The molecule has 3 aromatic rings. The number of aromatic amines is 1. The molecule has 1 heterocycles. The molecule has 0 aliphatic heterocycles. The van der Waals surface area contributed by atoms with Crippen molar-refractivity contribution in [1.82, 2.24) is 25.1 Å². The summed E-state index contributed by atoms with van der Waals surface area (Å²) in [6, 6.07) is 17.8. The number of guanidine groups is 1. The molecule has 9 heteroatoms. The Balaban J connectivity index is 0.00000385. The van der Waals surface area contributed by atoms with Crippen LogP contribution < -0.4 is 10.1 Å². The Morgan fingerprint density at radius 1 is 1.09 bits per heavy atom. The van der Waals surface area contributed by atoms with Gasteiger partial charge in [-0.05, 0) is 23.3 Å². The van der Waals surface area contributed by atoms with Crippen molar-refractivity contribution in [2.45, 2.75) is 13.1 Å². The minimum absolute atomic E-state index is 0. The van der Waals surface area contributed by atoms with Crippen LogP contribution in [0.3, 0.4) is 0 Å². The van der Waals surface area contributed by atoms with Crippen molar-refractivity contribution in [2.75, 3.05) is 34.8 Å². The minimum atomic E-state index is -0.0279. The van der Waals surface area contributed by atoms with Crippen LogP contribution in [-0.4, -0.2) is 66.4 Å². The van der Waals surface area contributed by atoms with Crippen LogP contribution in [0.1, 0.15) is 11.4 Å². The zero-order chi connectivity index (χ0) is 22.9. The fraction of sp³-hybridized carbons (Fsp3) is 0.292. The van der Waals surface area contributed by atoms with E-state index in [1.54, 1.807) is 26.1 Å². The van der Waals surface area contributed by atoms with E-state index in [2.05, 4.69) is 15.3 Å². The third-order valence-corrected chi connectivity index (χ3v) is 4.93. The van der Waals surface area contributed by atoms with Crippen molar-refractivity contribution in [3.8, 4) is 17.0 Å². The van der Waals surface area contributed by atoms with Crippen LogP contribution in [0.15, 0.2) is 65.8 Å². The lowest BCUT2D eigenvalue weighted by atomic mass is 10.2. The third kappa shape index (κ3) is 7.77. The summed E-state index contributed by atoms with van der Waals surface area (Å²) >= 11 is 0. The molecule has 0 saturated heterocycles.